The molecule has 0 aliphatic rings. The second kappa shape index (κ2) is 7.95. The zero-order valence-corrected chi connectivity index (χ0v) is 16.7. The number of amides is 1. The first kappa shape index (κ1) is 19.8. The molecule has 3 rings (SSSR count). The van der Waals surface area contributed by atoms with Crippen molar-refractivity contribution in [3.05, 3.63) is 77.2 Å². The van der Waals surface area contributed by atoms with Crippen LogP contribution in [-0.4, -0.2) is 30.8 Å². The van der Waals surface area contributed by atoms with Crippen molar-refractivity contribution < 1.29 is 17.7 Å². The molecule has 1 heterocycles. The molecule has 0 unspecified atom stereocenters. The summed E-state index contributed by atoms with van der Waals surface area (Å²) >= 11 is 0. The Morgan fingerprint density at radius 3 is 2.29 bits per heavy atom. The summed E-state index contributed by atoms with van der Waals surface area (Å²) in [5, 5.41) is 6.52. The molecule has 0 saturated carbocycles. The third-order valence-electron chi connectivity index (χ3n) is 4.29. The first-order chi connectivity index (χ1) is 13.3. The number of aryl methyl sites for hydroxylation is 2. The lowest BCUT2D eigenvalue weighted by atomic mass is 10.1. The summed E-state index contributed by atoms with van der Waals surface area (Å²) in [4.78, 5) is 12.4. The quantitative estimate of drug-likeness (QED) is 0.686. The zero-order valence-electron chi connectivity index (χ0n) is 15.8. The van der Waals surface area contributed by atoms with E-state index in [4.69, 9.17) is 4.52 Å². The van der Waals surface area contributed by atoms with Gasteiger partial charge in [-0.15, -0.1) is 0 Å². The molecule has 3 aromatic rings. The molecular weight excluding hydrogens is 378 g/mol. The Bertz CT molecular complexity index is 1050. The number of nitrogens with zero attached hydrogens (tertiary/aromatic N) is 2. The minimum atomic E-state index is -3.72. The van der Waals surface area contributed by atoms with Crippen LogP contribution < -0.4 is 5.32 Å². The van der Waals surface area contributed by atoms with E-state index in [1.165, 1.54) is 11.4 Å². The summed E-state index contributed by atoms with van der Waals surface area (Å²) in [6, 6.07) is 16.0. The zero-order chi connectivity index (χ0) is 20.3. The smallest absolute Gasteiger partial charge is 0.255 e. The molecule has 1 N–H and O–H groups in total. The van der Waals surface area contributed by atoms with E-state index in [1.807, 2.05) is 18.2 Å². The number of aromatic nitrogens is 1. The minimum Gasteiger partial charge on any atom is -0.360 e. The number of anilines is 1. The Labute approximate surface area is 164 Å². The van der Waals surface area contributed by atoms with Gasteiger partial charge in [-0.25, -0.2) is 8.42 Å². The molecule has 146 valence electrons. The normalized spacial score (nSPS) is 11.6. The highest BCUT2D eigenvalue weighted by Crippen LogP contribution is 2.23. The molecule has 1 amide bonds. The topological polar surface area (TPSA) is 92.5 Å². The lowest BCUT2D eigenvalue weighted by molar-refractivity contribution is 0.102. The maximum absolute atomic E-state index is 12.8. The number of para-hydroxylation sites is 1. The number of sulfonamides is 1. The van der Waals surface area contributed by atoms with Gasteiger partial charge in [-0.1, -0.05) is 35.5 Å². The van der Waals surface area contributed by atoms with Gasteiger partial charge in [0, 0.05) is 24.8 Å². The summed E-state index contributed by atoms with van der Waals surface area (Å²) in [5.41, 5.74) is 2.29. The molecule has 1 aromatic heterocycles. The first-order valence-electron chi connectivity index (χ1n) is 8.63. The lowest BCUT2D eigenvalue weighted by Crippen LogP contribution is -2.27. The third-order valence-corrected chi connectivity index (χ3v) is 6.34. The van der Waals surface area contributed by atoms with E-state index in [0.717, 1.165) is 5.56 Å². The molecule has 7 nitrogen and oxygen atoms in total. The van der Waals surface area contributed by atoms with Gasteiger partial charge < -0.3 is 9.84 Å². The van der Waals surface area contributed by atoms with Crippen molar-refractivity contribution in [1.29, 1.82) is 0 Å². The average Bonchev–Trinajstić information content (AvgIpc) is 3.02. The second-order valence-corrected chi connectivity index (χ2v) is 8.41. The van der Waals surface area contributed by atoms with E-state index >= 15 is 0 Å². The van der Waals surface area contributed by atoms with Crippen LogP contribution >= 0.6 is 0 Å². The van der Waals surface area contributed by atoms with Gasteiger partial charge >= 0.3 is 0 Å². The largest absolute Gasteiger partial charge is 0.360 e. The van der Waals surface area contributed by atoms with Crippen molar-refractivity contribution in [3.8, 4) is 0 Å². The van der Waals surface area contributed by atoms with Gasteiger partial charge in [0.1, 0.15) is 10.6 Å². The molecule has 2 aromatic carbocycles. The predicted molar refractivity (Wildman–Crippen MR) is 105 cm³/mol. The van der Waals surface area contributed by atoms with Gasteiger partial charge in [0.15, 0.2) is 5.76 Å². The molecule has 0 spiro atoms. The van der Waals surface area contributed by atoms with Crippen LogP contribution in [0.4, 0.5) is 5.69 Å². The van der Waals surface area contributed by atoms with Gasteiger partial charge in [-0.05, 0) is 43.7 Å². The summed E-state index contributed by atoms with van der Waals surface area (Å²) in [6.45, 7) is 3.32. The molecule has 0 atom stereocenters. The van der Waals surface area contributed by atoms with Gasteiger partial charge in [-0.2, -0.15) is 4.31 Å². The maximum Gasteiger partial charge on any atom is 0.255 e. The lowest BCUT2D eigenvalue weighted by Gasteiger charge is -2.17. The van der Waals surface area contributed by atoms with Gasteiger partial charge in [0.05, 0.1) is 0 Å². The fourth-order valence-electron chi connectivity index (χ4n) is 2.83. The molecule has 0 radical (unpaired) electrons. The monoisotopic (exact) mass is 399 g/mol. The highest BCUT2D eigenvalue weighted by atomic mass is 32.2. The number of hydrogen-bond acceptors (Lipinski definition) is 5. The highest BCUT2D eigenvalue weighted by Gasteiger charge is 2.28. The van der Waals surface area contributed by atoms with Crippen molar-refractivity contribution in [2.75, 3.05) is 12.4 Å². The Morgan fingerprint density at radius 1 is 1.07 bits per heavy atom. The van der Waals surface area contributed by atoms with Crippen LogP contribution in [0.2, 0.25) is 0 Å². The van der Waals surface area contributed by atoms with Crippen LogP contribution in [0.15, 0.2) is 64.0 Å². The number of rotatable bonds is 6. The van der Waals surface area contributed by atoms with Crippen molar-refractivity contribution in [3.63, 3.8) is 0 Å². The first-order valence-corrected chi connectivity index (χ1v) is 10.1. The Morgan fingerprint density at radius 2 is 1.71 bits per heavy atom. The Kier molecular flexibility index (Phi) is 5.62. The van der Waals surface area contributed by atoms with Crippen LogP contribution in [0.5, 0.6) is 0 Å². The molecular formula is C20H21N3O4S. The predicted octanol–water partition coefficient (Wildman–Crippen LogP) is 3.36. The summed E-state index contributed by atoms with van der Waals surface area (Å²) in [5.74, 6) is 0.0340. The molecule has 0 fully saturated rings. The number of nitrogens with one attached hydrogen (secondary N) is 1. The fraction of sp³-hybridized carbons (Fsp3) is 0.200. The maximum atomic E-state index is 12.8. The van der Waals surface area contributed by atoms with Gasteiger partial charge in [0.25, 0.3) is 5.91 Å². The van der Waals surface area contributed by atoms with Crippen LogP contribution in [0, 0.1) is 13.8 Å². The molecule has 0 aliphatic carbocycles. The third kappa shape index (κ3) is 4.13. The van der Waals surface area contributed by atoms with Crippen molar-refractivity contribution in [2.45, 2.75) is 25.3 Å². The molecule has 0 saturated heterocycles. The van der Waals surface area contributed by atoms with E-state index in [1.54, 1.807) is 50.2 Å². The fourth-order valence-corrected chi connectivity index (χ4v) is 4.27. The van der Waals surface area contributed by atoms with Crippen LogP contribution in [-0.2, 0) is 16.6 Å². The number of carbonyl (C=O) groups excluding carboxylic acids is 1. The molecule has 8 heteroatoms. The Hall–Kier alpha value is -2.97. The van der Waals surface area contributed by atoms with Crippen molar-refractivity contribution in [2.24, 2.45) is 0 Å². The molecule has 28 heavy (non-hydrogen) atoms. The second-order valence-electron chi connectivity index (χ2n) is 6.43. The van der Waals surface area contributed by atoms with E-state index in [0.29, 0.717) is 16.9 Å². The van der Waals surface area contributed by atoms with E-state index in [9.17, 15) is 13.2 Å². The molecule has 0 bridgehead atoms. The van der Waals surface area contributed by atoms with Crippen molar-refractivity contribution in [1.82, 2.24) is 9.46 Å². The Balaban J connectivity index is 1.71. The minimum absolute atomic E-state index is 0.0915. The number of hydrogen-bond donors (Lipinski definition) is 1. The van der Waals surface area contributed by atoms with Crippen LogP contribution in [0.25, 0.3) is 0 Å². The average molecular weight is 399 g/mol. The van der Waals surface area contributed by atoms with Crippen molar-refractivity contribution >= 4 is 21.6 Å². The summed E-state index contributed by atoms with van der Waals surface area (Å²) in [7, 11) is -2.23. The summed E-state index contributed by atoms with van der Waals surface area (Å²) < 4.78 is 31.8. The van der Waals surface area contributed by atoms with E-state index < -0.39 is 10.0 Å². The summed E-state index contributed by atoms with van der Waals surface area (Å²) in [6.07, 6.45) is 0. The number of benzene rings is 2. The van der Waals surface area contributed by atoms with Crippen LogP contribution in [0.3, 0.4) is 0 Å². The standard InChI is InChI=1S/C20H21N3O4S/c1-14-19(15(2)27-22-14)28(25,26)23(3)13-16-9-11-17(12-10-16)20(24)21-18-7-5-4-6-8-18/h4-12H,13H2,1-3H3,(H,21,24). The van der Waals surface area contributed by atoms with E-state index in [-0.39, 0.29) is 23.1 Å². The van der Waals surface area contributed by atoms with E-state index in [2.05, 4.69) is 10.5 Å². The molecule has 0 aliphatic heterocycles. The van der Waals surface area contributed by atoms with Crippen LogP contribution in [0.1, 0.15) is 27.4 Å². The number of carbonyl (C=O) groups is 1. The van der Waals surface area contributed by atoms with Gasteiger partial charge in [-0.3, -0.25) is 4.79 Å². The SMILES string of the molecule is Cc1noc(C)c1S(=O)(=O)N(C)Cc1ccc(C(=O)Nc2ccccc2)cc1. The highest BCUT2D eigenvalue weighted by molar-refractivity contribution is 7.89. The van der Waals surface area contributed by atoms with Gasteiger partial charge in [0.2, 0.25) is 10.0 Å².